The predicted octanol–water partition coefficient (Wildman–Crippen LogP) is 5.19. The van der Waals surface area contributed by atoms with Gasteiger partial charge >= 0.3 is 18.2 Å². The highest BCUT2D eigenvalue weighted by molar-refractivity contribution is 7.92. The van der Waals surface area contributed by atoms with Crippen molar-refractivity contribution in [2.45, 2.75) is 49.5 Å². The van der Waals surface area contributed by atoms with E-state index in [1.165, 1.54) is 12.1 Å². The zero-order chi connectivity index (χ0) is 27.8. The lowest BCUT2D eigenvalue weighted by molar-refractivity contribution is -0.242. The van der Waals surface area contributed by atoms with Crippen LogP contribution in [-0.2, 0) is 19.6 Å². The fourth-order valence-corrected chi connectivity index (χ4v) is 4.99. The van der Waals surface area contributed by atoms with Gasteiger partial charge in [-0.15, -0.1) is 0 Å². The first kappa shape index (κ1) is 28.3. The van der Waals surface area contributed by atoms with Crippen LogP contribution in [0.25, 0.3) is 0 Å². The van der Waals surface area contributed by atoms with Gasteiger partial charge in [-0.25, -0.2) is 17.6 Å². The number of aliphatic carboxylic acids is 1. The summed E-state index contributed by atoms with van der Waals surface area (Å²) >= 11 is 5.72. The van der Waals surface area contributed by atoms with E-state index in [2.05, 4.69) is 10.1 Å². The maximum absolute atomic E-state index is 14.6. The van der Waals surface area contributed by atoms with Crippen molar-refractivity contribution < 1.29 is 50.1 Å². The van der Waals surface area contributed by atoms with Crippen LogP contribution >= 0.6 is 11.6 Å². The Labute approximate surface area is 214 Å². The van der Waals surface area contributed by atoms with Gasteiger partial charge in [0.05, 0.1) is 12.2 Å². The molecule has 1 atom stereocenters. The summed E-state index contributed by atoms with van der Waals surface area (Å²) in [7, 11) is -4.61. The Bertz CT molecular complexity index is 1320. The predicted molar refractivity (Wildman–Crippen MR) is 124 cm³/mol. The third kappa shape index (κ3) is 6.36. The van der Waals surface area contributed by atoms with Crippen LogP contribution in [-0.4, -0.2) is 50.0 Å². The molecule has 1 aliphatic rings. The third-order valence-electron chi connectivity index (χ3n) is 5.31. The van der Waals surface area contributed by atoms with Crippen molar-refractivity contribution in [3.8, 4) is 5.75 Å². The topological polar surface area (TPSA) is 122 Å². The number of hydrogen-bond acceptors (Lipinski definition) is 6. The van der Waals surface area contributed by atoms with E-state index >= 15 is 0 Å². The number of nitrogens with zero attached hydrogens (tertiary/aromatic N) is 1. The van der Waals surface area contributed by atoms with Crippen LogP contribution in [0.2, 0.25) is 5.02 Å². The normalized spacial score (nSPS) is 16.0. The molecular weight excluding hydrogens is 548 g/mol. The van der Waals surface area contributed by atoms with E-state index < -0.39 is 57.2 Å². The summed E-state index contributed by atoms with van der Waals surface area (Å²) in [4.78, 5) is 22.4. The van der Waals surface area contributed by atoms with Crippen LogP contribution in [0.1, 0.15) is 26.7 Å². The van der Waals surface area contributed by atoms with E-state index in [4.69, 9.17) is 21.4 Å². The van der Waals surface area contributed by atoms with E-state index in [1.807, 2.05) is 0 Å². The van der Waals surface area contributed by atoms with Crippen LogP contribution in [0, 0.1) is 5.82 Å². The Morgan fingerprint density at radius 3 is 2.49 bits per heavy atom. The quantitative estimate of drug-likeness (QED) is 0.441. The highest BCUT2D eigenvalue weighted by atomic mass is 35.5. The van der Waals surface area contributed by atoms with Crippen LogP contribution in [0.5, 0.6) is 5.75 Å². The molecule has 0 radical (unpaired) electrons. The Morgan fingerprint density at radius 1 is 1.22 bits per heavy atom. The molecule has 2 N–H and O–H groups in total. The van der Waals surface area contributed by atoms with Crippen molar-refractivity contribution in [3.05, 3.63) is 47.2 Å². The average Bonchev–Trinajstić information content (AvgIpc) is 2.75. The van der Waals surface area contributed by atoms with Gasteiger partial charge in [-0.1, -0.05) is 11.6 Å². The minimum atomic E-state index is -4.85. The lowest BCUT2D eigenvalue weighted by atomic mass is 10.1. The number of carboxylic acid groups (broad SMARTS) is 1. The summed E-state index contributed by atoms with van der Waals surface area (Å²) in [5.74, 6) is -2.34. The molecule has 2 aromatic rings. The molecule has 0 aliphatic carbocycles. The van der Waals surface area contributed by atoms with Crippen LogP contribution in [0.15, 0.2) is 41.3 Å². The molecule has 0 saturated carbocycles. The van der Waals surface area contributed by atoms with Gasteiger partial charge < -0.3 is 14.6 Å². The number of benzene rings is 2. The van der Waals surface area contributed by atoms with Gasteiger partial charge in [-0.05, 0) is 56.7 Å². The molecule has 0 spiro atoms. The van der Waals surface area contributed by atoms with E-state index in [9.17, 15) is 35.6 Å². The second-order valence-electron chi connectivity index (χ2n) is 8.49. The molecule has 37 heavy (non-hydrogen) atoms. The minimum Gasteiger partial charge on any atom is -0.486 e. The van der Waals surface area contributed by atoms with Crippen LogP contribution in [0.3, 0.4) is 0 Å². The summed E-state index contributed by atoms with van der Waals surface area (Å²) in [6, 6.07) is 6.45. The third-order valence-corrected chi connectivity index (χ3v) is 7.36. The van der Waals surface area contributed by atoms with Crippen molar-refractivity contribution in [1.82, 2.24) is 0 Å². The van der Waals surface area contributed by atoms with Gasteiger partial charge in [-0.3, -0.25) is 14.4 Å². The van der Waals surface area contributed by atoms with E-state index in [0.717, 1.165) is 28.6 Å². The second kappa shape index (κ2) is 10.2. The Morgan fingerprint density at radius 2 is 1.89 bits per heavy atom. The van der Waals surface area contributed by atoms with Gasteiger partial charge in [0.25, 0.3) is 10.0 Å². The Balaban J connectivity index is 1.98. The van der Waals surface area contributed by atoms with Crippen molar-refractivity contribution >= 4 is 45.1 Å². The van der Waals surface area contributed by atoms with Crippen molar-refractivity contribution in [2.75, 3.05) is 16.2 Å². The van der Waals surface area contributed by atoms with Gasteiger partial charge in [0.1, 0.15) is 22.6 Å². The lowest BCUT2D eigenvalue weighted by Crippen LogP contribution is -2.44. The molecule has 3 rings (SSSR count). The van der Waals surface area contributed by atoms with Crippen LogP contribution < -0.4 is 14.4 Å². The van der Waals surface area contributed by atoms with Gasteiger partial charge in [0, 0.05) is 17.1 Å². The van der Waals surface area contributed by atoms with E-state index in [1.54, 1.807) is 0 Å². The number of rotatable bonds is 7. The number of sulfonamides is 1. The number of alkyl halides is 3. The molecule has 0 aromatic heterocycles. The zero-order valence-corrected chi connectivity index (χ0v) is 20.9. The summed E-state index contributed by atoms with van der Waals surface area (Å²) in [5, 5.41) is 11.0. The van der Waals surface area contributed by atoms with Crippen LogP contribution in [0.4, 0.5) is 33.7 Å². The molecule has 1 heterocycles. The number of hydrogen-bond donors (Lipinski definition) is 2. The van der Waals surface area contributed by atoms with Crippen molar-refractivity contribution in [2.24, 2.45) is 0 Å². The highest BCUT2D eigenvalue weighted by Gasteiger charge is 2.51. The molecule has 0 saturated heterocycles. The summed E-state index contributed by atoms with van der Waals surface area (Å²) < 4.78 is 91.5. The molecular formula is C22H21ClF4N2O7S. The first-order valence-electron chi connectivity index (χ1n) is 10.6. The number of carboxylic acids is 1. The number of carbonyl (C=O) groups excluding carboxylic acids is 1. The summed E-state index contributed by atoms with van der Waals surface area (Å²) in [6.07, 6.45) is -7.67. The maximum Gasteiger partial charge on any atom is 0.427 e. The number of amides is 1. The molecule has 9 nitrogen and oxygen atoms in total. The van der Waals surface area contributed by atoms with E-state index in [0.29, 0.717) is 13.8 Å². The van der Waals surface area contributed by atoms with E-state index in [-0.39, 0.29) is 35.0 Å². The fourth-order valence-electron chi connectivity index (χ4n) is 3.29. The lowest BCUT2D eigenvalue weighted by Gasteiger charge is -2.35. The Hall–Kier alpha value is -3.26. The summed E-state index contributed by atoms with van der Waals surface area (Å²) in [6.45, 7) is 0.888. The molecule has 1 unspecified atom stereocenters. The smallest absolute Gasteiger partial charge is 0.427 e. The number of anilines is 2. The zero-order valence-electron chi connectivity index (χ0n) is 19.3. The van der Waals surface area contributed by atoms with Gasteiger partial charge in [-0.2, -0.15) is 13.2 Å². The first-order chi connectivity index (χ1) is 17.0. The largest absolute Gasteiger partial charge is 0.486 e. The second-order valence-corrected chi connectivity index (χ2v) is 10.8. The molecule has 2 aromatic carbocycles. The maximum atomic E-state index is 14.6. The number of nitrogens with one attached hydrogen (secondary N) is 1. The summed E-state index contributed by atoms with van der Waals surface area (Å²) in [5.41, 5.74) is -3.13. The monoisotopic (exact) mass is 568 g/mol. The number of halogens is 5. The molecule has 15 heteroatoms. The molecule has 202 valence electrons. The number of ether oxygens (including phenoxy) is 2. The average molecular weight is 569 g/mol. The number of fused-ring (bicyclic) bond motifs is 1. The molecule has 1 amide bonds. The molecule has 0 fully saturated rings. The molecule has 1 aliphatic heterocycles. The standard InChI is InChI=1S/C22H21ClF4N2O7S/c1-21(2,22(25,26)27)36-20(32)28-13-4-6-17-16(10-13)29(11-14(35-17)5-8-19(30)31)37(33,34)18-7-3-12(23)9-15(18)24/h3-4,6-7,9-10,14H,5,8,11H2,1-2H3,(H,28,32)(H,30,31). The Kier molecular flexibility index (Phi) is 7.84. The first-order valence-corrected chi connectivity index (χ1v) is 12.4. The van der Waals surface area contributed by atoms with Crippen molar-refractivity contribution in [1.29, 1.82) is 0 Å². The van der Waals surface area contributed by atoms with Gasteiger partial charge in [0.2, 0.25) is 5.60 Å². The SMILES string of the molecule is CC(C)(OC(=O)Nc1ccc2c(c1)N(S(=O)(=O)c1ccc(Cl)cc1F)CC(CCC(=O)O)O2)C(F)(F)F. The highest BCUT2D eigenvalue weighted by Crippen LogP contribution is 2.40. The molecule has 0 bridgehead atoms. The van der Waals surface area contributed by atoms with Crippen molar-refractivity contribution in [3.63, 3.8) is 0 Å². The van der Waals surface area contributed by atoms with Gasteiger partial charge in [0.15, 0.2) is 0 Å². The fraction of sp³-hybridized carbons (Fsp3) is 0.364. The number of carbonyl (C=O) groups is 2. The minimum absolute atomic E-state index is 0.0471.